The number of likely N-dealkylation sites (tertiary alicyclic amines) is 1. The van der Waals surface area contributed by atoms with Gasteiger partial charge in [-0.25, -0.2) is 0 Å². The number of aromatic nitrogens is 1. The smallest absolute Gasteiger partial charge is 0.0595 e. The molecule has 2 heterocycles. The third-order valence-electron chi connectivity index (χ3n) is 4.05. The Morgan fingerprint density at radius 1 is 1.14 bits per heavy atom. The van der Waals surface area contributed by atoms with E-state index in [4.69, 9.17) is 23.2 Å². The van der Waals surface area contributed by atoms with Crippen molar-refractivity contribution in [2.24, 2.45) is 0 Å². The molecule has 21 heavy (non-hydrogen) atoms. The van der Waals surface area contributed by atoms with Crippen LogP contribution in [-0.4, -0.2) is 16.4 Å². The Morgan fingerprint density at radius 3 is 2.81 bits per heavy atom. The molecule has 0 N–H and O–H groups in total. The number of pyridine rings is 1. The lowest BCUT2D eigenvalue weighted by Gasteiger charge is -2.36. The fourth-order valence-corrected chi connectivity index (χ4v) is 3.32. The standard InChI is InChI=1S/C17H18Cl2N2/c18-15-7-6-13(10-16(15)19)12-21-9-2-1-5-17(21)14-4-3-8-20-11-14/h3-4,6-8,10-11,17H,1-2,5,9,12H2. The Kier molecular flexibility index (Phi) is 4.79. The van der Waals surface area contributed by atoms with Crippen LogP contribution in [0.3, 0.4) is 0 Å². The van der Waals surface area contributed by atoms with Crippen molar-refractivity contribution in [2.75, 3.05) is 6.54 Å². The first kappa shape index (κ1) is 14.8. The highest BCUT2D eigenvalue weighted by Gasteiger charge is 2.24. The molecule has 1 aromatic heterocycles. The molecule has 110 valence electrons. The quantitative estimate of drug-likeness (QED) is 0.780. The molecule has 2 nitrogen and oxygen atoms in total. The third-order valence-corrected chi connectivity index (χ3v) is 4.79. The van der Waals surface area contributed by atoms with E-state index in [0.29, 0.717) is 16.1 Å². The second-order valence-electron chi connectivity index (χ2n) is 5.52. The summed E-state index contributed by atoms with van der Waals surface area (Å²) >= 11 is 12.1. The van der Waals surface area contributed by atoms with Gasteiger partial charge in [0.2, 0.25) is 0 Å². The van der Waals surface area contributed by atoms with E-state index in [0.717, 1.165) is 13.1 Å². The van der Waals surface area contributed by atoms with Gasteiger partial charge in [0.05, 0.1) is 10.0 Å². The first-order valence-electron chi connectivity index (χ1n) is 7.32. The van der Waals surface area contributed by atoms with Crippen molar-refractivity contribution in [3.8, 4) is 0 Å². The zero-order valence-corrected chi connectivity index (χ0v) is 13.3. The summed E-state index contributed by atoms with van der Waals surface area (Å²) in [5, 5.41) is 1.24. The predicted octanol–water partition coefficient (Wildman–Crippen LogP) is 5.12. The van der Waals surface area contributed by atoms with Crippen molar-refractivity contribution >= 4 is 23.2 Å². The maximum Gasteiger partial charge on any atom is 0.0595 e. The van der Waals surface area contributed by atoms with E-state index in [1.54, 1.807) is 0 Å². The van der Waals surface area contributed by atoms with Gasteiger partial charge in [0, 0.05) is 25.0 Å². The van der Waals surface area contributed by atoms with Crippen LogP contribution in [0.4, 0.5) is 0 Å². The van der Waals surface area contributed by atoms with Crippen LogP contribution in [0.15, 0.2) is 42.7 Å². The van der Waals surface area contributed by atoms with Gasteiger partial charge < -0.3 is 0 Å². The molecular weight excluding hydrogens is 303 g/mol. The van der Waals surface area contributed by atoms with Crippen molar-refractivity contribution in [3.63, 3.8) is 0 Å². The average Bonchev–Trinajstić information content (AvgIpc) is 2.52. The zero-order valence-electron chi connectivity index (χ0n) is 11.8. The molecule has 3 rings (SSSR count). The van der Waals surface area contributed by atoms with Crippen molar-refractivity contribution < 1.29 is 0 Å². The Bertz CT molecular complexity index is 601. The minimum atomic E-state index is 0.446. The Labute approximate surface area is 135 Å². The molecule has 0 bridgehead atoms. The molecular formula is C17H18Cl2N2. The normalized spacial score (nSPS) is 19.6. The van der Waals surface area contributed by atoms with Crippen LogP contribution in [0, 0.1) is 0 Å². The number of hydrogen-bond donors (Lipinski definition) is 0. The van der Waals surface area contributed by atoms with Crippen molar-refractivity contribution in [3.05, 3.63) is 63.9 Å². The highest BCUT2D eigenvalue weighted by Crippen LogP contribution is 2.32. The number of halogens is 2. The molecule has 0 aliphatic carbocycles. The van der Waals surface area contributed by atoms with E-state index in [9.17, 15) is 0 Å². The largest absolute Gasteiger partial charge is 0.292 e. The summed E-state index contributed by atoms with van der Waals surface area (Å²) in [6, 6.07) is 10.5. The van der Waals surface area contributed by atoms with Gasteiger partial charge in [0.25, 0.3) is 0 Å². The van der Waals surface area contributed by atoms with E-state index in [2.05, 4.69) is 22.0 Å². The van der Waals surface area contributed by atoms with Gasteiger partial charge in [-0.2, -0.15) is 0 Å². The van der Waals surface area contributed by atoms with E-state index >= 15 is 0 Å². The van der Waals surface area contributed by atoms with Crippen molar-refractivity contribution in [2.45, 2.75) is 31.8 Å². The first-order valence-corrected chi connectivity index (χ1v) is 8.07. The maximum atomic E-state index is 6.12. The fourth-order valence-electron chi connectivity index (χ4n) is 3.00. The molecule has 1 fully saturated rings. The van der Waals surface area contributed by atoms with Crippen LogP contribution in [0.2, 0.25) is 10.0 Å². The van der Waals surface area contributed by atoms with Gasteiger partial charge in [0.15, 0.2) is 0 Å². The van der Waals surface area contributed by atoms with E-state index in [1.165, 1.54) is 30.4 Å². The lowest BCUT2D eigenvalue weighted by Crippen LogP contribution is -2.32. The molecule has 2 aromatic rings. The number of piperidine rings is 1. The van der Waals surface area contributed by atoms with E-state index < -0.39 is 0 Å². The highest BCUT2D eigenvalue weighted by atomic mass is 35.5. The Hall–Kier alpha value is -1.09. The minimum absolute atomic E-state index is 0.446. The second kappa shape index (κ2) is 6.78. The summed E-state index contributed by atoms with van der Waals surface area (Å²) < 4.78 is 0. The van der Waals surface area contributed by atoms with Crippen LogP contribution in [0.5, 0.6) is 0 Å². The van der Waals surface area contributed by atoms with Gasteiger partial charge in [-0.3, -0.25) is 9.88 Å². The predicted molar refractivity (Wildman–Crippen MR) is 87.7 cm³/mol. The summed E-state index contributed by atoms with van der Waals surface area (Å²) in [6.07, 6.45) is 7.52. The lowest BCUT2D eigenvalue weighted by atomic mass is 9.96. The average molecular weight is 321 g/mol. The first-order chi connectivity index (χ1) is 10.2. The molecule has 1 saturated heterocycles. The van der Waals surface area contributed by atoms with E-state index in [1.807, 2.05) is 30.6 Å². The fraction of sp³-hybridized carbons (Fsp3) is 0.353. The van der Waals surface area contributed by atoms with Crippen LogP contribution in [-0.2, 0) is 6.54 Å². The summed E-state index contributed by atoms with van der Waals surface area (Å²) in [5.74, 6) is 0. The van der Waals surface area contributed by atoms with Gasteiger partial charge in [0.1, 0.15) is 0 Å². The van der Waals surface area contributed by atoms with Gasteiger partial charge in [-0.15, -0.1) is 0 Å². The molecule has 1 aliphatic heterocycles. The number of rotatable bonds is 3. The van der Waals surface area contributed by atoms with Gasteiger partial charge in [-0.05, 0) is 48.7 Å². The lowest BCUT2D eigenvalue weighted by molar-refractivity contribution is 0.140. The molecule has 0 spiro atoms. The molecule has 1 aliphatic rings. The number of hydrogen-bond acceptors (Lipinski definition) is 2. The van der Waals surface area contributed by atoms with Gasteiger partial charge >= 0.3 is 0 Å². The molecule has 0 radical (unpaired) electrons. The summed E-state index contributed by atoms with van der Waals surface area (Å²) in [5.41, 5.74) is 2.51. The monoisotopic (exact) mass is 320 g/mol. The SMILES string of the molecule is Clc1ccc(CN2CCCCC2c2cccnc2)cc1Cl. The van der Waals surface area contributed by atoms with Crippen molar-refractivity contribution in [1.29, 1.82) is 0 Å². The maximum absolute atomic E-state index is 6.12. The molecule has 4 heteroatoms. The molecule has 1 atom stereocenters. The number of nitrogens with zero attached hydrogens (tertiary/aromatic N) is 2. The Morgan fingerprint density at radius 2 is 2.05 bits per heavy atom. The summed E-state index contributed by atoms with van der Waals surface area (Å²) in [7, 11) is 0. The van der Waals surface area contributed by atoms with Crippen LogP contribution in [0.1, 0.15) is 36.4 Å². The Balaban J connectivity index is 1.79. The third kappa shape index (κ3) is 3.57. The number of benzene rings is 1. The molecule has 1 aromatic carbocycles. The molecule has 0 amide bonds. The second-order valence-corrected chi connectivity index (χ2v) is 6.33. The minimum Gasteiger partial charge on any atom is -0.292 e. The highest BCUT2D eigenvalue weighted by molar-refractivity contribution is 6.42. The van der Waals surface area contributed by atoms with Crippen LogP contribution < -0.4 is 0 Å². The van der Waals surface area contributed by atoms with Crippen LogP contribution in [0.25, 0.3) is 0 Å². The van der Waals surface area contributed by atoms with E-state index in [-0.39, 0.29) is 0 Å². The summed E-state index contributed by atoms with van der Waals surface area (Å²) in [6.45, 7) is 2.01. The van der Waals surface area contributed by atoms with Crippen molar-refractivity contribution in [1.82, 2.24) is 9.88 Å². The summed E-state index contributed by atoms with van der Waals surface area (Å²) in [4.78, 5) is 6.78. The molecule has 1 unspecified atom stereocenters. The van der Waals surface area contributed by atoms with Gasteiger partial charge in [-0.1, -0.05) is 41.8 Å². The molecule has 0 saturated carbocycles. The topological polar surface area (TPSA) is 16.1 Å². The van der Waals surface area contributed by atoms with Crippen LogP contribution >= 0.6 is 23.2 Å². The zero-order chi connectivity index (χ0) is 14.7.